The van der Waals surface area contributed by atoms with E-state index in [1.165, 1.54) is 18.5 Å². The summed E-state index contributed by atoms with van der Waals surface area (Å²) in [5, 5.41) is 22.9. The summed E-state index contributed by atoms with van der Waals surface area (Å²) in [6, 6.07) is 7.58. The first-order valence-corrected chi connectivity index (χ1v) is 10.2. The second-order valence-corrected chi connectivity index (χ2v) is 8.74. The highest BCUT2D eigenvalue weighted by molar-refractivity contribution is 6.30. The molecule has 3 aromatic rings. The van der Waals surface area contributed by atoms with E-state index in [1.807, 2.05) is 0 Å². The van der Waals surface area contributed by atoms with E-state index in [1.54, 1.807) is 6.07 Å². The Bertz CT molecular complexity index is 1250. The Morgan fingerprint density at radius 1 is 1.28 bits per heavy atom. The molecule has 0 radical (unpaired) electrons. The lowest BCUT2D eigenvalue weighted by Crippen LogP contribution is -2.41. The standard InChI is InChI=1S/C22H19ClF3N5O/c1-20(2,32)22(25,26)14-5-3-4-12(16(14)24)9-28-18-13-8-15(21(10-27)6-7-21)17(23)31-19(13)30-11-29-18/h3-5,8,11,32H,6-7,9H2,1-2H3,(H,28,29,30,31). The summed E-state index contributed by atoms with van der Waals surface area (Å²) in [5.41, 5.74) is -3.19. The summed E-state index contributed by atoms with van der Waals surface area (Å²) >= 11 is 6.27. The van der Waals surface area contributed by atoms with Gasteiger partial charge in [-0.15, -0.1) is 0 Å². The van der Waals surface area contributed by atoms with E-state index < -0.39 is 28.3 Å². The van der Waals surface area contributed by atoms with Crippen LogP contribution in [0.4, 0.5) is 19.0 Å². The summed E-state index contributed by atoms with van der Waals surface area (Å²) < 4.78 is 44.0. The van der Waals surface area contributed by atoms with E-state index in [2.05, 4.69) is 26.3 Å². The van der Waals surface area contributed by atoms with Gasteiger partial charge < -0.3 is 10.4 Å². The van der Waals surface area contributed by atoms with Gasteiger partial charge in [-0.3, -0.25) is 0 Å². The number of nitrogens with one attached hydrogen (secondary N) is 1. The summed E-state index contributed by atoms with van der Waals surface area (Å²) in [5.74, 6) is -4.61. The summed E-state index contributed by atoms with van der Waals surface area (Å²) in [7, 11) is 0. The molecule has 166 valence electrons. The zero-order valence-corrected chi connectivity index (χ0v) is 18.0. The Labute approximate surface area is 187 Å². The predicted octanol–water partition coefficient (Wildman–Crippen LogP) is 4.85. The first-order valence-electron chi connectivity index (χ1n) is 9.85. The van der Waals surface area contributed by atoms with E-state index in [4.69, 9.17) is 11.6 Å². The SMILES string of the molecule is CC(C)(O)C(F)(F)c1cccc(CNc2ncnc3nc(Cl)c(C4(C#N)CC4)cc23)c1F. The van der Waals surface area contributed by atoms with Gasteiger partial charge >= 0.3 is 5.92 Å². The molecule has 1 fully saturated rings. The zero-order chi connectivity index (χ0) is 23.3. The number of nitrogens with zero attached hydrogens (tertiary/aromatic N) is 4. The van der Waals surface area contributed by atoms with Gasteiger partial charge in [0, 0.05) is 17.7 Å². The van der Waals surface area contributed by atoms with Crippen LogP contribution in [0.1, 0.15) is 43.4 Å². The number of hydrogen-bond acceptors (Lipinski definition) is 6. The van der Waals surface area contributed by atoms with Crippen LogP contribution in [0.3, 0.4) is 0 Å². The van der Waals surface area contributed by atoms with Gasteiger partial charge in [0.15, 0.2) is 5.65 Å². The maximum absolute atomic E-state index is 14.9. The van der Waals surface area contributed by atoms with Crippen molar-refractivity contribution < 1.29 is 18.3 Å². The summed E-state index contributed by atoms with van der Waals surface area (Å²) in [6.45, 7) is 1.69. The first-order chi connectivity index (χ1) is 15.0. The van der Waals surface area contributed by atoms with E-state index in [-0.39, 0.29) is 22.9 Å². The molecule has 10 heteroatoms. The molecule has 1 aliphatic carbocycles. The highest BCUT2D eigenvalue weighted by Gasteiger charge is 2.49. The molecule has 0 saturated heterocycles. The van der Waals surface area contributed by atoms with Crippen molar-refractivity contribution in [2.75, 3.05) is 5.32 Å². The van der Waals surface area contributed by atoms with Crippen LogP contribution in [0.15, 0.2) is 30.6 Å². The largest absolute Gasteiger partial charge is 0.384 e. The number of nitriles is 1. The normalized spacial score (nSPS) is 15.4. The fraction of sp³-hybridized carbons (Fsp3) is 0.364. The third kappa shape index (κ3) is 3.63. The van der Waals surface area contributed by atoms with Crippen LogP contribution in [0.2, 0.25) is 5.15 Å². The second kappa shape index (κ2) is 7.57. The lowest BCUT2D eigenvalue weighted by Gasteiger charge is -2.30. The van der Waals surface area contributed by atoms with Gasteiger partial charge in [-0.2, -0.15) is 14.0 Å². The number of hydrogen-bond donors (Lipinski definition) is 2. The van der Waals surface area contributed by atoms with Crippen LogP contribution in [0, 0.1) is 17.1 Å². The minimum absolute atomic E-state index is 0.0315. The molecule has 0 spiro atoms. The van der Waals surface area contributed by atoms with Crippen molar-refractivity contribution in [2.24, 2.45) is 0 Å². The molecular formula is C22H19ClF3N5O. The van der Waals surface area contributed by atoms with Gasteiger partial charge in [-0.05, 0) is 38.8 Å². The monoisotopic (exact) mass is 461 g/mol. The van der Waals surface area contributed by atoms with Crippen molar-refractivity contribution in [1.82, 2.24) is 15.0 Å². The fourth-order valence-corrected chi connectivity index (χ4v) is 3.79. The van der Waals surface area contributed by atoms with E-state index >= 15 is 0 Å². The number of fused-ring (bicyclic) bond motifs is 1. The Morgan fingerprint density at radius 3 is 2.62 bits per heavy atom. The van der Waals surface area contributed by atoms with Gasteiger partial charge in [0.1, 0.15) is 28.7 Å². The van der Waals surface area contributed by atoms with Gasteiger partial charge in [-0.1, -0.05) is 23.7 Å². The summed E-state index contributed by atoms with van der Waals surface area (Å²) in [6.07, 6.45) is 2.58. The van der Waals surface area contributed by atoms with Crippen molar-refractivity contribution in [3.8, 4) is 6.07 Å². The second-order valence-electron chi connectivity index (χ2n) is 8.38. The number of halogens is 4. The quantitative estimate of drug-likeness (QED) is 0.510. The zero-order valence-electron chi connectivity index (χ0n) is 17.3. The van der Waals surface area contributed by atoms with Gasteiger partial charge in [0.25, 0.3) is 0 Å². The molecule has 6 nitrogen and oxygen atoms in total. The molecule has 1 saturated carbocycles. The maximum atomic E-state index is 14.9. The van der Waals surface area contributed by atoms with Gasteiger partial charge in [0.2, 0.25) is 0 Å². The van der Waals surface area contributed by atoms with Crippen LogP contribution in [-0.2, 0) is 17.9 Å². The highest BCUT2D eigenvalue weighted by atomic mass is 35.5. The molecule has 0 bridgehead atoms. The van der Waals surface area contributed by atoms with Gasteiger partial charge in [0.05, 0.1) is 22.4 Å². The van der Waals surface area contributed by atoms with Crippen LogP contribution in [0.5, 0.6) is 0 Å². The Balaban J connectivity index is 1.68. The van der Waals surface area contributed by atoms with Crippen LogP contribution in [-0.4, -0.2) is 25.7 Å². The molecule has 2 aromatic heterocycles. The number of aliphatic hydroxyl groups is 1. The van der Waals surface area contributed by atoms with Crippen LogP contribution in [0.25, 0.3) is 11.0 Å². The topological polar surface area (TPSA) is 94.7 Å². The number of anilines is 1. The highest BCUT2D eigenvalue weighted by Crippen LogP contribution is 2.50. The van der Waals surface area contributed by atoms with E-state index in [9.17, 15) is 23.5 Å². The minimum Gasteiger partial charge on any atom is -0.384 e. The van der Waals surface area contributed by atoms with Gasteiger partial charge in [-0.25, -0.2) is 19.3 Å². The Hall–Kier alpha value is -2.96. The fourth-order valence-electron chi connectivity index (χ4n) is 3.48. The first kappa shape index (κ1) is 22.2. The molecule has 0 aliphatic heterocycles. The third-order valence-electron chi connectivity index (χ3n) is 5.69. The number of rotatable bonds is 6. The predicted molar refractivity (Wildman–Crippen MR) is 113 cm³/mol. The lowest BCUT2D eigenvalue weighted by molar-refractivity contribution is -0.170. The molecule has 2 N–H and O–H groups in total. The molecule has 4 rings (SSSR count). The van der Waals surface area contributed by atoms with Crippen molar-refractivity contribution in [3.05, 3.63) is 58.3 Å². The van der Waals surface area contributed by atoms with Crippen molar-refractivity contribution in [2.45, 2.75) is 50.2 Å². The molecular weight excluding hydrogens is 443 g/mol. The number of benzene rings is 1. The smallest absolute Gasteiger partial charge is 0.303 e. The Kier molecular flexibility index (Phi) is 5.26. The van der Waals surface area contributed by atoms with Crippen molar-refractivity contribution in [3.63, 3.8) is 0 Å². The number of alkyl halides is 2. The average Bonchev–Trinajstić information content (AvgIpc) is 3.52. The number of pyridine rings is 1. The van der Waals surface area contributed by atoms with Crippen molar-refractivity contribution in [1.29, 1.82) is 5.26 Å². The van der Waals surface area contributed by atoms with Crippen molar-refractivity contribution >= 4 is 28.5 Å². The molecule has 2 heterocycles. The average molecular weight is 462 g/mol. The molecule has 1 aromatic carbocycles. The lowest BCUT2D eigenvalue weighted by atomic mass is 9.92. The molecule has 1 aliphatic rings. The molecule has 32 heavy (non-hydrogen) atoms. The maximum Gasteiger partial charge on any atom is 0.303 e. The molecule has 0 amide bonds. The molecule has 0 atom stereocenters. The third-order valence-corrected chi connectivity index (χ3v) is 5.98. The summed E-state index contributed by atoms with van der Waals surface area (Å²) in [4.78, 5) is 12.5. The van der Waals surface area contributed by atoms with Crippen LogP contribution >= 0.6 is 11.6 Å². The van der Waals surface area contributed by atoms with Crippen LogP contribution < -0.4 is 5.32 Å². The number of aromatic nitrogens is 3. The van der Waals surface area contributed by atoms with E-state index in [0.717, 1.165) is 19.9 Å². The Morgan fingerprint density at radius 2 is 2.00 bits per heavy atom. The van der Waals surface area contributed by atoms with E-state index in [0.29, 0.717) is 29.6 Å². The molecule has 0 unspecified atom stereocenters. The minimum atomic E-state index is -3.79.